The maximum Gasteiger partial charge on any atom is 0.407 e. The van der Waals surface area contributed by atoms with E-state index < -0.39 is 5.60 Å². The molecule has 67 heavy (non-hydrogen) atoms. The number of esters is 2. The van der Waals surface area contributed by atoms with Gasteiger partial charge in [-0.3, -0.25) is 9.59 Å². The summed E-state index contributed by atoms with van der Waals surface area (Å²) in [6.07, 6.45) is 35.7. The Kier molecular flexibility index (Phi) is 38.2. The Labute approximate surface area is 411 Å². The first-order valence-corrected chi connectivity index (χ1v) is 27.6. The highest BCUT2D eigenvalue weighted by atomic mass is 16.6. The first-order valence-electron chi connectivity index (χ1n) is 27.6. The van der Waals surface area contributed by atoms with Gasteiger partial charge in [0.2, 0.25) is 0 Å². The van der Waals surface area contributed by atoms with Gasteiger partial charge in [-0.2, -0.15) is 0 Å². The third kappa shape index (κ3) is 37.2. The second-order valence-electron chi connectivity index (χ2n) is 20.1. The molecular formula is C59H102N2O6. The van der Waals surface area contributed by atoms with E-state index in [0.717, 1.165) is 108 Å². The summed E-state index contributed by atoms with van der Waals surface area (Å²) in [6.45, 7) is 16.7. The number of alkyl carbamates (subject to hydrolysis) is 1. The SMILES string of the molecule is CCCCCCc1cc(CCCCCC)cc(COC(=O)CCCCCCCN)c1.CCCCCCc1cc(CCCCCC)cc(COC(=O)CCCCCCCNC(=O)OC(C)(C)C)c1. The third-order valence-electron chi connectivity index (χ3n) is 12.1. The quantitative estimate of drug-likeness (QED) is 0.0389. The van der Waals surface area contributed by atoms with Gasteiger partial charge in [0.15, 0.2) is 0 Å². The van der Waals surface area contributed by atoms with Gasteiger partial charge in [0.05, 0.1) is 0 Å². The molecule has 0 atom stereocenters. The lowest BCUT2D eigenvalue weighted by molar-refractivity contribution is -0.146. The molecule has 0 heterocycles. The highest BCUT2D eigenvalue weighted by Crippen LogP contribution is 2.20. The lowest BCUT2D eigenvalue weighted by Crippen LogP contribution is -2.32. The molecule has 0 aliphatic heterocycles. The molecule has 0 radical (unpaired) electrons. The van der Waals surface area contributed by atoms with Crippen molar-refractivity contribution in [3.63, 3.8) is 0 Å². The highest BCUT2D eigenvalue weighted by molar-refractivity contribution is 5.69. The maximum atomic E-state index is 12.3. The third-order valence-corrected chi connectivity index (χ3v) is 12.1. The average molecular weight is 935 g/mol. The number of unbranched alkanes of at least 4 members (excludes halogenated alkanes) is 20. The number of carbonyl (C=O) groups is 3. The topological polar surface area (TPSA) is 117 Å². The number of nitrogens with one attached hydrogen (secondary N) is 1. The molecular weight excluding hydrogens is 833 g/mol. The lowest BCUT2D eigenvalue weighted by Gasteiger charge is -2.19. The standard InChI is InChI=1S/C32H55NO4.C27H47NO2/c1-6-8-10-15-19-27-23-28(20-16-11-9-7-2)25-29(24-27)26-36-30(34)21-17-13-12-14-18-22-33-31(35)37-32(3,4)5;1-3-5-7-12-16-24-20-25(17-13-8-6-4-2)22-26(21-24)23-30-27(29)18-14-10-9-11-15-19-28/h23-25H,6-22,26H2,1-5H3,(H,33,35);20-22H,3-19,23,28H2,1-2H3. The van der Waals surface area contributed by atoms with Crippen LogP contribution in [0.4, 0.5) is 4.79 Å². The number of amides is 1. The fourth-order valence-corrected chi connectivity index (χ4v) is 8.29. The zero-order valence-electron chi connectivity index (χ0n) is 44.4. The molecule has 0 unspecified atom stereocenters. The van der Waals surface area contributed by atoms with Crippen LogP contribution in [-0.4, -0.2) is 36.7 Å². The number of hydrogen-bond donors (Lipinski definition) is 2. The van der Waals surface area contributed by atoms with Crippen molar-refractivity contribution in [2.24, 2.45) is 5.73 Å². The molecule has 0 spiro atoms. The largest absolute Gasteiger partial charge is 0.461 e. The zero-order valence-corrected chi connectivity index (χ0v) is 44.4. The highest BCUT2D eigenvalue weighted by Gasteiger charge is 2.15. The van der Waals surface area contributed by atoms with Crippen LogP contribution in [0.5, 0.6) is 0 Å². The van der Waals surface area contributed by atoms with Gasteiger partial charge in [0.1, 0.15) is 18.8 Å². The first kappa shape index (κ1) is 61.6. The van der Waals surface area contributed by atoms with Gasteiger partial charge in [-0.05, 0) is 138 Å². The van der Waals surface area contributed by atoms with Crippen LogP contribution in [0.3, 0.4) is 0 Å². The number of carbonyl (C=O) groups excluding carboxylic acids is 3. The van der Waals surface area contributed by atoms with Crippen LogP contribution in [0.15, 0.2) is 36.4 Å². The van der Waals surface area contributed by atoms with Gasteiger partial charge in [-0.1, -0.05) is 180 Å². The summed E-state index contributed by atoms with van der Waals surface area (Å²) in [7, 11) is 0. The predicted octanol–water partition coefficient (Wildman–Crippen LogP) is 16.1. The number of benzene rings is 2. The van der Waals surface area contributed by atoms with Crippen molar-refractivity contribution < 1.29 is 28.6 Å². The predicted molar refractivity (Wildman–Crippen MR) is 283 cm³/mol. The monoisotopic (exact) mass is 935 g/mol. The molecule has 0 saturated heterocycles. The number of aryl methyl sites for hydroxylation is 4. The van der Waals surface area contributed by atoms with Gasteiger partial charge in [-0.15, -0.1) is 0 Å². The molecule has 0 aliphatic carbocycles. The fourth-order valence-electron chi connectivity index (χ4n) is 8.29. The summed E-state index contributed by atoms with van der Waals surface area (Å²) in [6, 6.07) is 13.7. The Bertz CT molecular complexity index is 1470. The van der Waals surface area contributed by atoms with Crippen molar-refractivity contribution in [3.05, 3.63) is 69.8 Å². The Hall–Kier alpha value is -3.39. The van der Waals surface area contributed by atoms with Crippen molar-refractivity contribution >= 4 is 18.0 Å². The molecule has 384 valence electrons. The summed E-state index contributed by atoms with van der Waals surface area (Å²) in [5, 5.41) is 2.79. The van der Waals surface area contributed by atoms with Crippen LogP contribution in [-0.2, 0) is 62.7 Å². The fraction of sp³-hybridized carbons (Fsp3) is 0.746. The molecule has 3 N–H and O–H groups in total. The van der Waals surface area contributed by atoms with Crippen molar-refractivity contribution in [1.82, 2.24) is 5.32 Å². The van der Waals surface area contributed by atoms with Crippen molar-refractivity contribution in [2.75, 3.05) is 13.1 Å². The zero-order chi connectivity index (χ0) is 49.2. The van der Waals surface area contributed by atoms with Crippen LogP contribution >= 0.6 is 0 Å². The molecule has 0 fully saturated rings. The number of hydrogen-bond acceptors (Lipinski definition) is 7. The first-order chi connectivity index (χ1) is 32.4. The van der Waals surface area contributed by atoms with Gasteiger partial charge < -0.3 is 25.3 Å². The van der Waals surface area contributed by atoms with E-state index in [4.69, 9.17) is 19.9 Å². The van der Waals surface area contributed by atoms with Crippen LogP contribution in [0, 0.1) is 0 Å². The van der Waals surface area contributed by atoms with Crippen LogP contribution in [0.25, 0.3) is 0 Å². The van der Waals surface area contributed by atoms with Gasteiger partial charge in [0, 0.05) is 19.4 Å². The Morgan fingerprint density at radius 3 is 1.09 bits per heavy atom. The average Bonchev–Trinajstić information content (AvgIpc) is 3.30. The normalized spacial score (nSPS) is 11.2. The van der Waals surface area contributed by atoms with E-state index >= 15 is 0 Å². The van der Waals surface area contributed by atoms with Gasteiger partial charge in [-0.25, -0.2) is 4.79 Å². The maximum absolute atomic E-state index is 12.3. The van der Waals surface area contributed by atoms with Gasteiger partial charge in [0.25, 0.3) is 0 Å². The number of nitrogens with two attached hydrogens (primary N) is 1. The Morgan fingerprint density at radius 2 is 0.746 bits per heavy atom. The second-order valence-corrected chi connectivity index (χ2v) is 20.1. The van der Waals surface area contributed by atoms with Crippen molar-refractivity contribution in [3.8, 4) is 0 Å². The smallest absolute Gasteiger partial charge is 0.407 e. The lowest BCUT2D eigenvalue weighted by atomic mass is 9.98. The summed E-state index contributed by atoms with van der Waals surface area (Å²) in [5.74, 6) is -0.170. The van der Waals surface area contributed by atoms with E-state index in [1.807, 2.05) is 20.8 Å². The summed E-state index contributed by atoms with van der Waals surface area (Å²) in [4.78, 5) is 36.1. The molecule has 0 bridgehead atoms. The molecule has 8 heteroatoms. The minimum Gasteiger partial charge on any atom is -0.461 e. The number of ether oxygens (including phenoxy) is 3. The molecule has 2 rings (SSSR count). The molecule has 2 aromatic carbocycles. The molecule has 8 nitrogen and oxygen atoms in total. The van der Waals surface area contributed by atoms with Crippen molar-refractivity contribution in [1.29, 1.82) is 0 Å². The van der Waals surface area contributed by atoms with Gasteiger partial charge >= 0.3 is 18.0 Å². The molecule has 0 saturated carbocycles. The summed E-state index contributed by atoms with van der Waals surface area (Å²) in [5.41, 5.74) is 12.9. The van der Waals surface area contributed by atoms with E-state index in [2.05, 4.69) is 69.4 Å². The van der Waals surface area contributed by atoms with Crippen LogP contribution in [0.2, 0.25) is 0 Å². The summed E-state index contributed by atoms with van der Waals surface area (Å²) >= 11 is 0. The van der Waals surface area contributed by atoms with E-state index in [0.29, 0.717) is 32.6 Å². The van der Waals surface area contributed by atoms with E-state index in [1.54, 1.807) is 0 Å². The second kappa shape index (κ2) is 41.6. The Balaban J connectivity index is 0.000000685. The number of rotatable bonds is 39. The molecule has 0 aliphatic rings. The molecule has 0 aromatic heterocycles. The van der Waals surface area contributed by atoms with E-state index in [-0.39, 0.29) is 18.0 Å². The molecule has 2 aromatic rings. The van der Waals surface area contributed by atoms with E-state index in [1.165, 1.54) is 125 Å². The van der Waals surface area contributed by atoms with Crippen LogP contribution in [0.1, 0.15) is 262 Å². The van der Waals surface area contributed by atoms with Crippen molar-refractivity contribution in [2.45, 2.75) is 273 Å². The summed E-state index contributed by atoms with van der Waals surface area (Å²) < 4.78 is 16.5. The minimum atomic E-state index is -0.466. The van der Waals surface area contributed by atoms with Crippen LogP contribution < -0.4 is 11.1 Å². The van der Waals surface area contributed by atoms with E-state index in [9.17, 15) is 14.4 Å². The minimum absolute atomic E-state index is 0.0633. The Morgan fingerprint density at radius 1 is 0.433 bits per heavy atom. The molecule has 1 amide bonds.